The fourth-order valence-electron chi connectivity index (χ4n) is 3.68. The van der Waals surface area contributed by atoms with Gasteiger partial charge in [0, 0.05) is 18.0 Å². The number of aliphatic hydroxyl groups is 1. The van der Waals surface area contributed by atoms with Crippen molar-refractivity contribution in [1.29, 1.82) is 0 Å². The quantitative estimate of drug-likeness (QED) is 0.518. The summed E-state index contributed by atoms with van der Waals surface area (Å²) in [6.45, 7) is 2.18. The number of nitrogens with one attached hydrogen (secondary N) is 1. The van der Waals surface area contributed by atoms with Crippen LogP contribution in [-0.4, -0.2) is 40.5 Å². The Kier molecular flexibility index (Phi) is 6.09. The molecule has 0 fully saturated rings. The van der Waals surface area contributed by atoms with Crippen molar-refractivity contribution in [3.63, 3.8) is 0 Å². The van der Waals surface area contributed by atoms with Gasteiger partial charge < -0.3 is 15.2 Å². The lowest BCUT2D eigenvalue weighted by Crippen LogP contribution is -2.53. The summed E-state index contributed by atoms with van der Waals surface area (Å²) in [4.78, 5) is 8.28. The third-order valence-corrected chi connectivity index (χ3v) is 5.22. The highest BCUT2D eigenvalue weighted by atomic mass is 19.4. The number of halogens is 4. The maximum atomic E-state index is 14.0. The zero-order chi connectivity index (χ0) is 22.9. The average Bonchev–Trinajstić information content (AvgIpc) is 2.71. The molecule has 0 amide bonds. The molecule has 31 heavy (non-hydrogen) atoms. The minimum Gasteiger partial charge on any atom is -0.496 e. The smallest absolute Gasteiger partial charge is 0.418 e. The van der Waals surface area contributed by atoms with Gasteiger partial charge >= 0.3 is 6.18 Å². The molecule has 1 aromatic heterocycles. The van der Waals surface area contributed by atoms with Crippen LogP contribution in [0.4, 0.5) is 23.2 Å². The highest BCUT2D eigenvalue weighted by Crippen LogP contribution is 2.44. The van der Waals surface area contributed by atoms with E-state index in [9.17, 15) is 22.7 Å². The van der Waals surface area contributed by atoms with Crippen LogP contribution in [0.5, 0.6) is 5.75 Å². The number of benzene rings is 2. The highest BCUT2D eigenvalue weighted by molar-refractivity contribution is 5.87. The van der Waals surface area contributed by atoms with E-state index >= 15 is 0 Å². The van der Waals surface area contributed by atoms with Gasteiger partial charge in [-0.25, -0.2) is 4.39 Å². The molecule has 5 nitrogen and oxygen atoms in total. The first-order chi connectivity index (χ1) is 14.5. The van der Waals surface area contributed by atoms with Crippen LogP contribution in [0, 0.1) is 5.82 Å². The number of aromatic nitrogens is 2. The van der Waals surface area contributed by atoms with E-state index in [0.717, 1.165) is 12.1 Å². The van der Waals surface area contributed by atoms with Crippen LogP contribution < -0.4 is 10.1 Å². The normalized spacial score (nSPS) is 14.3. The number of fused-ring (bicyclic) bond motifs is 1. The van der Waals surface area contributed by atoms with Crippen molar-refractivity contribution < 1.29 is 27.4 Å². The number of anilines is 1. The Morgan fingerprint density at radius 1 is 1.06 bits per heavy atom. The summed E-state index contributed by atoms with van der Waals surface area (Å²) in [5.41, 5.74) is -2.94. The molecule has 166 valence electrons. The third kappa shape index (κ3) is 4.71. The zero-order valence-corrected chi connectivity index (χ0v) is 17.3. The van der Waals surface area contributed by atoms with Crippen molar-refractivity contribution >= 4 is 16.7 Å². The van der Waals surface area contributed by atoms with E-state index in [4.69, 9.17) is 4.74 Å². The summed E-state index contributed by atoms with van der Waals surface area (Å²) in [6.07, 6.45) is -2.77. The summed E-state index contributed by atoms with van der Waals surface area (Å²) in [6, 6.07) is 8.53. The molecule has 0 bridgehead atoms. The fourth-order valence-corrected chi connectivity index (χ4v) is 3.68. The molecule has 0 saturated carbocycles. The fraction of sp³-hybridized carbons (Fsp3) is 0.364. The van der Waals surface area contributed by atoms with E-state index in [1.54, 1.807) is 18.2 Å². The van der Waals surface area contributed by atoms with Gasteiger partial charge in [-0.2, -0.15) is 13.2 Å². The van der Waals surface area contributed by atoms with Gasteiger partial charge in [0.25, 0.3) is 0 Å². The van der Waals surface area contributed by atoms with Gasteiger partial charge in [-0.1, -0.05) is 19.9 Å². The monoisotopic (exact) mass is 437 g/mol. The van der Waals surface area contributed by atoms with Gasteiger partial charge in [0.1, 0.15) is 17.1 Å². The lowest BCUT2D eigenvalue weighted by molar-refractivity contribution is -0.260. The van der Waals surface area contributed by atoms with Crippen molar-refractivity contribution in [1.82, 2.24) is 9.97 Å². The molecule has 0 aliphatic rings. The van der Waals surface area contributed by atoms with Gasteiger partial charge in [-0.15, -0.1) is 0 Å². The molecule has 3 aromatic rings. The van der Waals surface area contributed by atoms with Crippen LogP contribution in [0.3, 0.4) is 0 Å². The van der Waals surface area contributed by atoms with Crippen LogP contribution in [0.15, 0.2) is 48.8 Å². The first-order valence-corrected chi connectivity index (χ1v) is 9.54. The van der Waals surface area contributed by atoms with Crippen LogP contribution in [0.2, 0.25) is 0 Å². The van der Waals surface area contributed by atoms with Crippen molar-refractivity contribution in [2.24, 2.45) is 0 Å². The first kappa shape index (κ1) is 22.7. The van der Waals surface area contributed by atoms with E-state index in [2.05, 4.69) is 15.3 Å². The van der Waals surface area contributed by atoms with E-state index in [0.29, 0.717) is 16.7 Å². The Morgan fingerprint density at radius 2 is 1.77 bits per heavy atom. The molecule has 2 N–H and O–H groups in total. The topological polar surface area (TPSA) is 67.3 Å². The van der Waals surface area contributed by atoms with Gasteiger partial charge in [-0.05, 0) is 42.2 Å². The van der Waals surface area contributed by atoms with Gasteiger partial charge in [0.05, 0.1) is 24.9 Å². The van der Waals surface area contributed by atoms with Crippen molar-refractivity contribution in [2.45, 2.75) is 37.5 Å². The number of nitrogens with zero attached hydrogens (tertiary/aromatic N) is 2. The molecular weight excluding hydrogens is 414 g/mol. The number of ether oxygens (including phenoxy) is 1. The summed E-state index contributed by atoms with van der Waals surface area (Å²) in [7, 11) is 1.35. The zero-order valence-electron chi connectivity index (χ0n) is 17.3. The number of hydrogen-bond donors (Lipinski definition) is 2. The molecule has 3 rings (SSSR count). The maximum absolute atomic E-state index is 14.0. The van der Waals surface area contributed by atoms with Crippen molar-refractivity contribution in [3.8, 4) is 5.75 Å². The minimum atomic E-state index is -4.95. The van der Waals surface area contributed by atoms with Crippen LogP contribution in [-0.2, 0) is 5.41 Å². The molecule has 0 saturated heterocycles. The van der Waals surface area contributed by atoms with Crippen molar-refractivity contribution in [2.75, 3.05) is 19.0 Å². The molecule has 1 heterocycles. The number of methoxy groups -OCH3 is 1. The molecular formula is C22H23F4N3O2. The largest absolute Gasteiger partial charge is 0.496 e. The Hall–Kier alpha value is -2.94. The SMILES string of the molecule is COc1ccc(F)cc1C(C)(C)CC(O)(CNc1cccc2nccnc12)C(F)(F)F. The van der Waals surface area contributed by atoms with Crippen molar-refractivity contribution in [3.05, 3.63) is 60.2 Å². The van der Waals surface area contributed by atoms with Crippen LogP contribution >= 0.6 is 0 Å². The second kappa shape index (κ2) is 8.30. The third-order valence-electron chi connectivity index (χ3n) is 5.22. The number of rotatable bonds is 7. The lowest BCUT2D eigenvalue weighted by Gasteiger charge is -2.38. The summed E-state index contributed by atoms with van der Waals surface area (Å²) >= 11 is 0. The molecule has 0 spiro atoms. The summed E-state index contributed by atoms with van der Waals surface area (Å²) < 4.78 is 61.1. The molecule has 2 aromatic carbocycles. The number of alkyl halides is 3. The predicted molar refractivity (Wildman–Crippen MR) is 110 cm³/mol. The average molecular weight is 437 g/mol. The Morgan fingerprint density at radius 3 is 2.45 bits per heavy atom. The molecule has 1 atom stereocenters. The van der Waals surface area contributed by atoms with Gasteiger partial charge in [-0.3, -0.25) is 9.97 Å². The number of para-hydroxylation sites is 1. The molecule has 0 aliphatic heterocycles. The predicted octanol–water partition coefficient (Wildman–Crippen LogP) is 4.85. The summed E-state index contributed by atoms with van der Waals surface area (Å²) in [5, 5.41) is 13.4. The Balaban J connectivity index is 1.93. The van der Waals surface area contributed by atoms with E-state index in [1.807, 2.05) is 0 Å². The standard InChI is InChI=1S/C22H23F4N3O2/c1-20(2,15-11-14(23)7-8-18(15)31-3)12-21(30,22(24,25)26)13-29-17-6-4-5-16-19(17)28-10-9-27-16/h4-11,29-30H,12-13H2,1-3H3. The minimum absolute atomic E-state index is 0.230. The maximum Gasteiger partial charge on any atom is 0.418 e. The van der Waals surface area contributed by atoms with Crippen LogP contribution in [0.1, 0.15) is 25.8 Å². The molecule has 0 radical (unpaired) electrons. The molecule has 0 aliphatic carbocycles. The number of hydrogen-bond acceptors (Lipinski definition) is 5. The molecule has 1 unspecified atom stereocenters. The highest BCUT2D eigenvalue weighted by Gasteiger charge is 2.56. The van der Waals surface area contributed by atoms with E-state index in [-0.39, 0.29) is 11.3 Å². The van der Waals surface area contributed by atoms with Gasteiger partial charge in [0.15, 0.2) is 5.60 Å². The van der Waals surface area contributed by atoms with E-state index in [1.165, 1.54) is 39.4 Å². The second-order valence-electron chi connectivity index (χ2n) is 8.02. The Labute approximate surface area is 177 Å². The Bertz CT molecular complexity index is 1070. The lowest BCUT2D eigenvalue weighted by atomic mass is 9.74. The van der Waals surface area contributed by atoms with E-state index < -0.39 is 36.0 Å². The summed E-state index contributed by atoms with van der Waals surface area (Å²) in [5.74, 6) is -0.361. The molecule has 9 heteroatoms. The van der Waals surface area contributed by atoms with Crippen LogP contribution in [0.25, 0.3) is 11.0 Å². The van der Waals surface area contributed by atoms with Gasteiger partial charge in [0.2, 0.25) is 0 Å². The second-order valence-corrected chi connectivity index (χ2v) is 8.02. The first-order valence-electron chi connectivity index (χ1n) is 9.54.